The van der Waals surface area contributed by atoms with Crippen molar-refractivity contribution in [1.29, 1.82) is 0 Å². The van der Waals surface area contributed by atoms with Crippen LogP contribution in [-0.4, -0.2) is 24.3 Å². The highest BCUT2D eigenvalue weighted by Crippen LogP contribution is 2.37. The molecule has 4 nitrogen and oxygen atoms in total. The zero-order valence-electron chi connectivity index (χ0n) is 14.3. The second-order valence-electron chi connectivity index (χ2n) is 6.52. The summed E-state index contributed by atoms with van der Waals surface area (Å²) in [5.41, 5.74) is 3.19. The van der Waals surface area contributed by atoms with Gasteiger partial charge in [0, 0.05) is 10.8 Å². The van der Waals surface area contributed by atoms with Gasteiger partial charge in [0.2, 0.25) is 0 Å². The van der Waals surface area contributed by atoms with E-state index in [1.165, 1.54) is 0 Å². The number of H-pyrrole nitrogens is 1. The molecule has 1 aliphatic heterocycles. The predicted octanol–water partition coefficient (Wildman–Crippen LogP) is 4.68. The molecule has 1 aliphatic rings. The number of fused-ring (bicyclic) bond motifs is 3. The molecule has 1 N–H and O–H groups in total. The zero-order valence-corrected chi connectivity index (χ0v) is 14.3. The summed E-state index contributed by atoms with van der Waals surface area (Å²) < 4.78 is 17.3. The molecule has 4 heteroatoms. The van der Waals surface area contributed by atoms with Crippen molar-refractivity contribution in [3.63, 3.8) is 0 Å². The van der Waals surface area contributed by atoms with E-state index in [1.807, 2.05) is 42.5 Å². The van der Waals surface area contributed by atoms with Gasteiger partial charge in [0.25, 0.3) is 0 Å². The molecule has 0 saturated carbocycles. The topological polar surface area (TPSA) is 46.8 Å². The van der Waals surface area contributed by atoms with Crippen molar-refractivity contribution in [1.82, 2.24) is 4.98 Å². The lowest BCUT2D eigenvalue weighted by Gasteiger charge is -2.08. The molecule has 1 fully saturated rings. The van der Waals surface area contributed by atoms with Crippen molar-refractivity contribution in [2.75, 3.05) is 13.2 Å². The van der Waals surface area contributed by atoms with Crippen molar-refractivity contribution in [3.8, 4) is 11.5 Å². The van der Waals surface area contributed by atoms with Crippen molar-refractivity contribution in [2.24, 2.45) is 0 Å². The SMILES string of the molecule is c1ccc(COc2cccc3c2[nH]c2cccc(OCC4CO4)c23)cc1. The summed E-state index contributed by atoms with van der Waals surface area (Å²) in [6, 6.07) is 22.4. The number of para-hydroxylation sites is 1. The number of aromatic amines is 1. The fourth-order valence-corrected chi connectivity index (χ4v) is 3.24. The average Bonchev–Trinajstić information content (AvgIpc) is 3.44. The second kappa shape index (κ2) is 6.39. The van der Waals surface area contributed by atoms with E-state index >= 15 is 0 Å². The third-order valence-electron chi connectivity index (χ3n) is 4.65. The fraction of sp³-hybridized carbons (Fsp3) is 0.182. The number of ether oxygens (including phenoxy) is 3. The van der Waals surface area contributed by atoms with Crippen molar-refractivity contribution in [2.45, 2.75) is 12.7 Å². The Hall–Kier alpha value is -2.98. The lowest BCUT2D eigenvalue weighted by Crippen LogP contribution is -2.04. The summed E-state index contributed by atoms with van der Waals surface area (Å²) in [4.78, 5) is 3.49. The number of aromatic nitrogens is 1. The van der Waals surface area contributed by atoms with Gasteiger partial charge >= 0.3 is 0 Å². The van der Waals surface area contributed by atoms with Gasteiger partial charge in [-0.25, -0.2) is 0 Å². The van der Waals surface area contributed by atoms with E-state index in [4.69, 9.17) is 14.2 Å². The number of epoxide rings is 1. The normalized spacial score (nSPS) is 16.1. The minimum absolute atomic E-state index is 0.236. The Morgan fingerprint density at radius 2 is 1.69 bits per heavy atom. The highest BCUT2D eigenvalue weighted by Gasteiger charge is 2.23. The van der Waals surface area contributed by atoms with Gasteiger partial charge in [0.15, 0.2) is 0 Å². The maximum atomic E-state index is 6.09. The number of hydrogen-bond acceptors (Lipinski definition) is 3. The Morgan fingerprint density at radius 1 is 0.885 bits per heavy atom. The molecular formula is C22H19NO3. The average molecular weight is 345 g/mol. The molecule has 0 bridgehead atoms. The summed E-state index contributed by atoms with van der Waals surface area (Å²) in [7, 11) is 0. The molecule has 26 heavy (non-hydrogen) atoms. The molecule has 1 unspecified atom stereocenters. The van der Waals surface area contributed by atoms with Gasteiger partial charge < -0.3 is 19.2 Å². The van der Waals surface area contributed by atoms with E-state index in [2.05, 4.69) is 29.2 Å². The first-order valence-corrected chi connectivity index (χ1v) is 8.83. The molecule has 3 aromatic carbocycles. The molecule has 0 amide bonds. The molecule has 0 radical (unpaired) electrons. The van der Waals surface area contributed by atoms with Gasteiger partial charge in [-0.15, -0.1) is 0 Å². The van der Waals surface area contributed by atoms with Crippen LogP contribution in [0.5, 0.6) is 11.5 Å². The van der Waals surface area contributed by atoms with E-state index < -0.39 is 0 Å². The lowest BCUT2D eigenvalue weighted by molar-refractivity contribution is 0.265. The molecule has 0 spiro atoms. The van der Waals surface area contributed by atoms with E-state index in [1.54, 1.807) is 0 Å². The molecule has 2 heterocycles. The minimum atomic E-state index is 0.236. The van der Waals surface area contributed by atoms with Crippen LogP contribution in [0.3, 0.4) is 0 Å². The second-order valence-corrected chi connectivity index (χ2v) is 6.52. The van der Waals surface area contributed by atoms with Crippen LogP contribution in [0.4, 0.5) is 0 Å². The number of nitrogens with one attached hydrogen (secondary N) is 1. The van der Waals surface area contributed by atoms with Crippen LogP contribution in [0, 0.1) is 0 Å². The molecule has 4 aromatic rings. The van der Waals surface area contributed by atoms with Gasteiger partial charge in [-0.05, 0) is 23.8 Å². The fourth-order valence-electron chi connectivity index (χ4n) is 3.24. The van der Waals surface area contributed by atoms with Crippen LogP contribution in [-0.2, 0) is 11.3 Å². The number of benzene rings is 3. The Bertz CT molecular complexity index is 1050. The molecule has 1 saturated heterocycles. The van der Waals surface area contributed by atoms with E-state index in [-0.39, 0.29) is 6.10 Å². The van der Waals surface area contributed by atoms with E-state index in [0.29, 0.717) is 13.2 Å². The van der Waals surface area contributed by atoms with Crippen LogP contribution in [0.15, 0.2) is 66.7 Å². The maximum Gasteiger partial charge on any atom is 0.143 e. The van der Waals surface area contributed by atoms with Gasteiger partial charge in [-0.3, -0.25) is 0 Å². The smallest absolute Gasteiger partial charge is 0.143 e. The largest absolute Gasteiger partial charge is 0.490 e. The highest BCUT2D eigenvalue weighted by atomic mass is 16.6. The van der Waals surface area contributed by atoms with E-state index in [9.17, 15) is 0 Å². The quantitative estimate of drug-likeness (QED) is 0.516. The Kier molecular flexibility index (Phi) is 3.76. The van der Waals surface area contributed by atoms with Crippen LogP contribution in [0.1, 0.15) is 5.56 Å². The molecule has 0 aliphatic carbocycles. The zero-order chi connectivity index (χ0) is 17.3. The molecule has 1 atom stereocenters. The summed E-state index contributed by atoms with van der Waals surface area (Å²) >= 11 is 0. The first kappa shape index (κ1) is 15.3. The van der Waals surface area contributed by atoms with Crippen LogP contribution >= 0.6 is 0 Å². The standard InChI is InChI=1S/C22H19NO3/c1-2-6-15(7-3-1)12-25-20-11-4-8-17-21-18(23-22(17)20)9-5-10-19(21)26-14-16-13-24-16/h1-11,16,23H,12-14H2. The third-order valence-corrected chi connectivity index (χ3v) is 4.65. The van der Waals surface area contributed by atoms with E-state index in [0.717, 1.165) is 45.5 Å². The molecular weight excluding hydrogens is 326 g/mol. The minimum Gasteiger partial charge on any atom is -0.490 e. The Balaban J connectivity index is 1.51. The number of rotatable bonds is 6. The van der Waals surface area contributed by atoms with Crippen LogP contribution in [0.25, 0.3) is 21.8 Å². The monoisotopic (exact) mass is 345 g/mol. The van der Waals surface area contributed by atoms with Gasteiger partial charge in [-0.2, -0.15) is 0 Å². The lowest BCUT2D eigenvalue weighted by atomic mass is 10.1. The molecule has 5 rings (SSSR count). The van der Waals surface area contributed by atoms with Gasteiger partial charge in [0.1, 0.15) is 30.8 Å². The molecule has 1 aromatic heterocycles. The summed E-state index contributed by atoms with van der Waals surface area (Å²) in [5.74, 6) is 1.73. The first-order chi connectivity index (χ1) is 12.9. The van der Waals surface area contributed by atoms with Crippen molar-refractivity contribution < 1.29 is 14.2 Å². The maximum absolute atomic E-state index is 6.09. The summed E-state index contributed by atoms with van der Waals surface area (Å²) in [5, 5.41) is 2.20. The summed E-state index contributed by atoms with van der Waals surface area (Å²) in [6.07, 6.45) is 0.236. The number of hydrogen-bond donors (Lipinski definition) is 1. The highest BCUT2D eigenvalue weighted by molar-refractivity contribution is 6.12. The van der Waals surface area contributed by atoms with Gasteiger partial charge in [0.05, 0.1) is 17.6 Å². The predicted molar refractivity (Wildman–Crippen MR) is 102 cm³/mol. The summed E-state index contributed by atoms with van der Waals surface area (Å²) in [6.45, 7) is 1.93. The van der Waals surface area contributed by atoms with Crippen molar-refractivity contribution >= 4 is 21.8 Å². The third kappa shape index (κ3) is 2.89. The van der Waals surface area contributed by atoms with Crippen LogP contribution < -0.4 is 9.47 Å². The first-order valence-electron chi connectivity index (χ1n) is 8.83. The molecule has 130 valence electrons. The van der Waals surface area contributed by atoms with Crippen LogP contribution in [0.2, 0.25) is 0 Å². The Morgan fingerprint density at radius 3 is 2.54 bits per heavy atom. The van der Waals surface area contributed by atoms with Gasteiger partial charge in [-0.1, -0.05) is 48.5 Å². The Labute approximate surface area is 151 Å². The van der Waals surface area contributed by atoms with Crippen molar-refractivity contribution in [3.05, 3.63) is 72.3 Å².